The number of thioether (sulfide) groups is 1. The lowest BCUT2D eigenvalue weighted by atomic mass is 10.1. The average molecular weight is 401 g/mol. The minimum atomic E-state index is -0.365. The van der Waals surface area contributed by atoms with Crippen molar-refractivity contribution in [2.45, 2.75) is 13.8 Å². The molecule has 7 heteroatoms. The van der Waals surface area contributed by atoms with Crippen molar-refractivity contribution in [3.8, 4) is 0 Å². The van der Waals surface area contributed by atoms with Crippen LogP contribution in [0.1, 0.15) is 28.4 Å². The zero-order valence-corrected chi connectivity index (χ0v) is 16.4. The molecular weight excluding hydrogens is 384 g/mol. The predicted molar refractivity (Wildman–Crippen MR) is 109 cm³/mol. The summed E-state index contributed by atoms with van der Waals surface area (Å²) in [5.41, 5.74) is 2.96. The van der Waals surface area contributed by atoms with E-state index in [9.17, 15) is 9.59 Å². The summed E-state index contributed by atoms with van der Waals surface area (Å²) >= 11 is 7.27. The summed E-state index contributed by atoms with van der Waals surface area (Å²) in [5, 5.41) is 3.84. The van der Waals surface area contributed by atoms with Gasteiger partial charge in [-0.25, -0.2) is 9.79 Å². The van der Waals surface area contributed by atoms with E-state index < -0.39 is 0 Å². The van der Waals surface area contributed by atoms with Crippen molar-refractivity contribution in [2.24, 2.45) is 4.99 Å². The summed E-state index contributed by atoms with van der Waals surface area (Å²) in [5.74, 6) is -0.580. The zero-order chi connectivity index (χ0) is 19.4. The van der Waals surface area contributed by atoms with Crippen LogP contribution in [-0.4, -0.2) is 23.7 Å². The van der Waals surface area contributed by atoms with Gasteiger partial charge in [0.2, 0.25) is 0 Å². The molecule has 5 nitrogen and oxygen atoms in total. The molecule has 0 atom stereocenters. The predicted octanol–water partition coefficient (Wildman–Crippen LogP) is 4.72. The molecule has 1 N–H and O–H groups in total. The summed E-state index contributed by atoms with van der Waals surface area (Å²) in [4.78, 5) is 28.9. The lowest BCUT2D eigenvalue weighted by Gasteiger charge is -2.02. The van der Waals surface area contributed by atoms with Crippen LogP contribution in [-0.2, 0) is 9.53 Å². The number of aliphatic imine (C=N–C) groups is 1. The second kappa shape index (κ2) is 8.41. The number of ether oxygens (including phenoxy) is 1. The Labute approximate surface area is 166 Å². The van der Waals surface area contributed by atoms with E-state index in [0.717, 1.165) is 11.1 Å². The molecule has 0 radical (unpaired) electrons. The number of hydrogen-bond donors (Lipinski definition) is 1. The molecule has 0 spiro atoms. The van der Waals surface area contributed by atoms with E-state index in [2.05, 4.69) is 10.3 Å². The van der Waals surface area contributed by atoms with Gasteiger partial charge in [0, 0.05) is 5.02 Å². The summed E-state index contributed by atoms with van der Waals surface area (Å²) in [6.45, 7) is 4.02. The number of carbonyl (C=O) groups excluding carboxylic acids is 2. The van der Waals surface area contributed by atoms with Crippen molar-refractivity contribution in [1.82, 2.24) is 5.32 Å². The molecule has 1 aliphatic rings. The Bertz CT molecular complexity index is 952. The fraction of sp³-hybridized carbons (Fsp3) is 0.150. The van der Waals surface area contributed by atoms with Crippen LogP contribution in [0.3, 0.4) is 0 Å². The van der Waals surface area contributed by atoms with Crippen LogP contribution in [0, 0.1) is 6.92 Å². The smallest absolute Gasteiger partial charge is 0.338 e. The van der Waals surface area contributed by atoms with E-state index in [-0.39, 0.29) is 11.9 Å². The Hall–Kier alpha value is -2.57. The van der Waals surface area contributed by atoms with Crippen LogP contribution in [0.2, 0.25) is 5.02 Å². The lowest BCUT2D eigenvalue weighted by molar-refractivity contribution is -0.115. The van der Waals surface area contributed by atoms with Crippen LogP contribution >= 0.6 is 23.4 Å². The zero-order valence-electron chi connectivity index (χ0n) is 14.8. The van der Waals surface area contributed by atoms with Gasteiger partial charge < -0.3 is 10.1 Å². The standard InChI is InChI=1S/C20H17ClN2O3S/c1-3-26-19(25)14-7-5-13(6-8-14)10-17-18(24)23-20(27-17)22-16-11-15(21)9-4-12(16)2/h4-11H,3H2,1-2H3,(H,22,23,24)/b17-10-. The number of rotatable bonds is 4. The van der Waals surface area contributed by atoms with E-state index in [1.54, 1.807) is 49.4 Å². The highest BCUT2D eigenvalue weighted by atomic mass is 35.5. The van der Waals surface area contributed by atoms with Crippen molar-refractivity contribution in [3.63, 3.8) is 0 Å². The maximum Gasteiger partial charge on any atom is 0.338 e. The minimum Gasteiger partial charge on any atom is -0.462 e. The Kier molecular flexibility index (Phi) is 5.98. The second-order valence-corrected chi connectivity index (χ2v) is 7.22. The van der Waals surface area contributed by atoms with E-state index in [4.69, 9.17) is 16.3 Å². The molecule has 2 aromatic carbocycles. The van der Waals surface area contributed by atoms with Gasteiger partial charge in [0.15, 0.2) is 5.17 Å². The van der Waals surface area contributed by atoms with E-state index in [1.807, 2.05) is 13.0 Å². The minimum absolute atomic E-state index is 0.215. The summed E-state index contributed by atoms with van der Waals surface area (Å²) < 4.78 is 4.96. The van der Waals surface area contributed by atoms with Gasteiger partial charge in [0.25, 0.3) is 5.91 Å². The van der Waals surface area contributed by atoms with Crippen LogP contribution in [0.25, 0.3) is 6.08 Å². The highest BCUT2D eigenvalue weighted by molar-refractivity contribution is 8.18. The average Bonchev–Trinajstić information content (AvgIpc) is 2.98. The van der Waals surface area contributed by atoms with Gasteiger partial charge in [-0.1, -0.05) is 29.8 Å². The number of halogens is 1. The third-order valence-corrected chi connectivity index (χ3v) is 4.91. The SMILES string of the molecule is CCOC(=O)c1ccc(/C=C2\SC(=Nc3cc(Cl)ccc3C)NC2=O)cc1. The van der Waals surface area contributed by atoms with E-state index in [0.29, 0.717) is 33.0 Å². The molecule has 138 valence electrons. The van der Waals surface area contributed by atoms with Crippen LogP contribution < -0.4 is 5.32 Å². The first-order chi connectivity index (χ1) is 13.0. The number of benzene rings is 2. The maximum absolute atomic E-state index is 12.2. The van der Waals surface area contributed by atoms with Gasteiger partial charge in [0.1, 0.15) is 0 Å². The number of aryl methyl sites for hydroxylation is 1. The topological polar surface area (TPSA) is 67.8 Å². The number of carbonyl (C=O) groups is 2. The van der Waals surface area contributed by atoms with E-state index in [1.165, 1.54) is 11.8 Å². The third kappa shape index (κ3) is 4.78. The highest BCUT2D eigenvalue weighted by Gasteiger charge is 2.24. The van der Waals surface area contributed by atoms with Gasteiger partial charge in [-0.3, -0.25) is 4.79 Å². The summed E-state index contributed by atoms with van der Waals surface area (Å²) in [6, 6.07) is 12.3. The third-order valence-electron chi connectivity index (χ3n) is 3.76. The first-order valence-corrected chi connectivity index (χ1v) is 9.48. The van der Waals surface area contributed by atoms with Crippen molar-refractivity contribution < 1.29 is 14.3 Å². The molecule has 0 unspecified atom stereocenters. The number of hydrogen-bond acceptors (Lipinski definition) is 5. The summed E-state index contributed by atoms with van der Waals surface area (Å²) in [6.07, 6.45) is 1.75. The molecule has 1 aliphatic heterocycles. The van der Waals surface area contributed by atoms with Gasteiger partial charge in [-0.05, 0) is 67.1 Å². The Morgan fingerprint density at radius 1 is 1.26 bits per heavy atom. The van der Waals surface area contributed by atoms with Gasteiger partial charge in [-0.15, -0.1) is 0 Å². The number of amides is 1. The molecule has 0 saturated carbocycles. The van der Waals surface area contributed by atoms with Crippen LogP contribution in [0.4, 0.5) is 5.69 Å². The van der Waals surface area contributed by atoms with Crippen LogP contribution in [0.15, 0.2) is 52.4 Å². The van der Waals surface area contributed by atoms with Crippen molar-refractivity contribution in [1.29, 1.82) is 0 Å². The van der Waals surface area contributed by atoms with E-state index >= 15 is 0 Å². The molecule has 0 aliphatic carbocycles. The normalized spacial score (nSPS) is 16.6. The fourth-order valence-corrected chi connectivity index (χ4v) is 3.38. The monoisotopic (exact) mass is 400 g/mol. The molecule has 1 heterocycles. The first-order valence-electron chi connectivity index (χ1n) is 8.29. The number of nitrogens with zero attached hydrogens (tertiary/aromatic N) is 1. The number of esters is 1. The van der Waals surface area contributed by atoms with Gasteiger partial charge >= 0.3 is 5.97 Å². The molecular formula is C20H17ClN2O3S. The fourth-order valence-electron chi connectivity index (χ4n) is 2.37. The Morgan fingerprint density at radius 2 is 2.00 bits per heavy atom. The van der Waals surface area contributed by atoms with Crippen molar-refractivity contribution in [3.05, 3.63) is 69.1 Å². The second-order valence-electron chi connectivity index (χ2n) is 5.76. The highest BCUT2D eigenvalue weighted by Crippen LogP contribution is 2.30. The van der Waals surface area contributed by atoms with Crippen LogP contribution in [0.5, 0.6) is 0 Å². The Balaban J connectivity index is 1.78. The number of amidine groups is 1. The molecule has 2 aromatic rings. The number of nitrogens with one attached hydrogen (secondary N) is 1. The maximum atomic E-state index is 12.2. The van der Waals surface area contributed by atoms with Crippen molar-refractivity contribution in [2.75, 3.05) is 6.61 Å². The molecule has 27 heavy (non-hydrogen) atoms. The largest absolute Gasteiger partial charge is 0.462 e. The first kappa shape index (κ1) is 19.2. The molecule has 3 rings (SSSR count). The molecule has 1 fully saturated rings. The van der Waals surface area contributed by atoms with Crippen molar-refractivity contribution >= 4 is 52.2 Å². The Morgan fingerprint density at radius 3 is 2.70 bits per heavy atom. The lowest BCUT2D eigenvalue weighted by Crippen LogP contribution is -2.19. The van der Waals surface area contributed by atoms with Gasteiger partial charge in [-0.2, -0.15) is 0 Å². The van der Waals surface area contributed by atoms with Gasteiger partial charge in [0.05, 0.1) is 22.8 Å². The molecule has 0 aromatic heterocycles. The molecule has 1 saturated heterocycles. The molecule has 0 bridgehead atoms. The quantitative estimate of drug-likeness (QED) is 0.595. The summed E-state index contributed by atoms with van der Waals surface area (Å²) in [7, 11) is 0. The molecule has 1 amide bonds.